The Balaban J connectivity index is 1.36. The zero-order valence-electron chi connectivity index (χ0n) is 21.3. The minimum absolute atomic E-state index is 0.259. The van der Waals surface area contributed by atoms with E-state index in [4.69, 9.17) is 10.5 Å². The maximum atomic E-state index is 13.8. The van der Waals surface area contributed by atoms with Crippen molar-refractivity contribution in [3.63, 3.8) is 0 Å². The topological polar surface area (TPSA) is 165 Å². The van der Waals surface area contributed by atoms with Crippen LogP contribution in [0.25, 0.3) is 10.8 Å². The first kappa shape index (κ1) is 26.4. The van der Waals surface area contributed by atoms with Gasteiger partial charge in [-0.3, -0.25) is 19.2 Å². The monoisotopic (exact) mass is 535 g/mol. The molecule has 3 amide bonds. The van der Waals surface area contributed by atoms with E-state index >= 15 is 0 Å². The van der Waals surface area contributed by atoms with Crippen LogP contribution in [0.2, 0.25) is 0 Å². The van der Waals surface area contributed by atoms with Crippen molar-refractivity contribution in [2.24, 2.45) is 5.73 Å². The molecule has 11 heteroatoms. The van der Waals surface area contributed by atoms with Gasteiger partial charge in [-0.25, -0.2) is 4.79 Å². The van der Waals surface area contributed by atoms with E-state index in [9.17, 15) is 29.1 Å². The maximum Gasteiger partial charge on any atom is 0.329 e. The highest BCUT2D eigenvalue weighted by molar-refractivity contribution is 6.01. The minimum atomic E-state index is -2.78. The van der Waals surface area contributed by atoms with E-state index in [1.807, 2.05) is 43.3 Å². The Hall–Kier alpha value is -4.25. The quantitative estimate of drug-likeness (QED) is 0.378. The first-order valence-corrected chi connectivity index (χ1v) is 12.8. The first-order valence-electron chi connectivity index (χ1n) is 12.8. The summed E-state index contributed by atoms with van der Waals surface area (Å²) in [5, 5.41) is 15.1. The van der Waals surface area contributed by atoms with E-state index in [2.05, 4.69) is 10.1 Å². The van der Waals surface area contributed by atoms with Crippen LogP contribution in [0.1, 0.15) is 49.4 Å². The number of nitrogens with two attached hydrogens (primary N) is 1. The van der Waals surface area contributed by atoms with Gasteiger partial charge in [0.2, 0.25) is 5.91 Å². The number of primary amides is 1. The number of hydrogen-bond donors (Lipinski definition) is 3. The van der Waals surface area contributed by atoms with Crippen LogP contribution in [0.15, 0.2) is 54.1 Å². The fraction of sp³-hybridized carbons (Fsp3) is 0.393. The SMILES string of the molecule is CC1=CCC2CCC(C(=O)OC3CC(=O)OC3(O)C(N)=O)N2C(=O)C(NC(=O)c2ccc3ccccc3c2)C1. The van der Waals surface area contributed by atoms with Gasteiger partial charge in [0.25, 0.3) is 11.8 Å². The third kappa shape index (κ3) is 4.97. The van der Waals surface area contributed by atoms with Crippen molar-refractivity contribution in [1.29, 1.82) is 0 Å². The van der Waals surface area contributed by atoms with Crippen molar-refractivity contribution in [2.45, 2.75) is 69.0 Å². The molecule has 2 fully saturated rings. The molecular weight excluding hydrogens is 506 g/mol. The molecule has 0 aliphatic carbocycles. The maximum absolute atomic E-state index is 13.8. The molecule has 3 aliphatic rings. The molecular formula is C28H29N3O8. The summed E-state index contributed by atoms with van der Waals surface area (Å²) in [5.41, 5.74) is 6.50. The number of aliphatic hydroxyl groups is 1. The standard InChI is InChI=1S/C28H29N3O8/c1-15-6-9-19-10-11-21(26(35)38-22-14-23(32)39-28(22,37)27(29)36)31(19)25(34)20(12-15)30-24(33)18-8-7-16-4-2-3-5-17(16)13-18/h2-8,13,19-22,37H,9-12,14H2,1H3,(H2,29,36)(H,30,33). The molecule has 3 aliphatic heterocycles. The van der Waals surface area contributed by atoms with Gasteiger partial charge in [-0.05, 0) is 55.5 Å². The molecule has 2 saturated heterocycles. The second kappa shape index (κ2) is 10.1. The predicted molar refractivity (Wildman–Crippen MR) is 137 cm³/mol. The summed E-state index contributed by atoms with van der Waals surface area (Å²) in [5.74, 6) is -6.84. The van der Waals surface area contributed by atoms with Crippen molar-refractivity contribution in [3.8, 4) is 0 Å². The van der Waals surface area contributed by atoms with Crippen LogP contribution in [-0.4, -0.2) is 69.7 Å². The number of rotatable bonds is 5. The molecule has 39 heavy (non-hydrogen) atoms. The molecule has 0 bridgehead atoms. The van der Waals surface area contributed by atoms with E-state index in [1.165, 1.54) is 4.90 Å². The summed E-state index contributed by atoms with van der Waals surface area (Å²) in [4.78, 5) is 65.1. The Morgan fingerprint density at radius 1 is 1.10 bits per heavy atom. The van der Waals surface area contributed by atoms with Gasteiger partial charge in [0.05, 0.1) is 6.42 Å². The predicted octanol–water partition coefficient (Wildman–Crippen LogP) is 1.07. The molecule has 3 heterocycles. The lowest BCUT2D eigenvalue weighted by Gasteiger charge is -2.35. The van der Waals surface area contributed by atoms with Crippen LogP contribution in [-0.2, 0) is 28.7 Å². The number of amides is 3. The lowest BCUT2D eigenvalue weighted by atomic mass is 9.98. The number of fused-ring (bicyclic) bond motifs is 2. The number of carbonyl (C=O) groups is 5. The van der Waals surface area contributed by atoms with E-state index in [0.717, 1.165) is 16.3 Å². The van der Waals surface area contributed by atoms with Crippen molar-refractivity contribution in [2.75, 3.05) is 0 Å². The highest BCUT2D eigenvalue weighted by atomic mass is 16.7. The van der Waals surface area contributed by atoms with Crippen LogP contribution in [0.4, 0.5) is 0 Å². The van der Waals surface area contributed by atoms with E-state index in [-0.39, 0.29) is 18.9 Å². The van der Waals surface area contributed by atoms with E-state index < -0.39 is 60.1 Å². The lowest BCUT2D eigenvalue weighted by molar-refractivity contribution is -0.220. The fourth-order valence-corrected chi connectivity index (χ4v) is 5.49. The fourth-order valence-electron chi connectivity index (χ4n) is 5.49. The number of ether oxygens (including phenoxy) is 2. The molecule has 5 rings (SSSR count). The number of hydrogen-bond acceptors (Lipinski definition) is 8. The first-order chi connectivity index (χ1) is 18.6. The average molecular weight is 536 g/mol. The second-order valence-electron chi connectivity index (χ2n) is 10.2. The number of esters is 2. The largest absolute Gasteiger partial charge is 0.453 e. The summed E-state index contributed by atoms with van der Waals surface area (Å²) >= 11 is 0. The third-order valence-corrected chi connectivity index (χ3v) is 7.58. The third-order valence-electron chi connectivity index (χ3n) is 7.58. The number of nitrogens with one attached hydrogen (secondary N) is 1. The zero-order chi connectivity index (χ0) is 27.9. The van der Waals surface area contributed by atoms with Gasteiger partial charge < -0.3 is 30.5 Å². The van der Waals surface area contributed by atoms with Crippen LogP contribution < -0.4 is 11.1 Å². The van der Waals surface area contributed by atoms with Crippen LogP contribution in [0.3, 0.4) is 0 Å². The normalized spacial score (nSPS) is 28.7. The molecule has 0 spiro atoms. The smallest absolute Gasteiger partial charge is 0.329 e. The number of carbonyl (C=O) groups excluding carboxylic acids is 5. The minimum Gasteiger partial charge on any atom is -0.453 e. The molecule has 5 unspecified atom stereocenters. The zero-order valence-corrected chi connectivity index (χ0v) is 21.3. The van der Waals surface area contributed by atoms with Gasteiger partial charge in [0.15, 0.2) is 6.10 Å². The Morgan fingerprint density at radius 3 is 2.59 bits per heavy atom. The molecule has 2 aromatic rings. The lowest BCUT2D eigenvalue weighted by Crippen LogP contribution is -2.57. The molecule has 0 aromatic heterocycles. The number of cyclic esters (lactones) is 1. The van der Waals surface area contributed by atoms with E-state index in [1.54, 1.807) is 12.1 Å². The van der Waals surface area contributed by atoms with Gasteiger partial charge in [-0.15, -0.1) is 0 Å². The molecule has 4 N–H and O–H groups in total. The van der Waals surface area contributed by atoms with Crippen LogP contribution in [0.5, 0.6) is 0 Å². The van der Waals surface area contributed by atoms with Gasteiger partial charge in [0, 0.05) is 11.6 Å². The van der Waals surface area contributed by atoms with Gasteiger partial charge >= 0.3 is 17.7 Å². The summed E-state index contributed by atoms with van der Waals surface area (Å²) < 4.78 is 9.95. The summed E-state index contributed by atoms with van der Waals surface area (Å²) in [6.07, 6.45) is 1.34. The van der Waals surface area contributed by atoms with Crippen molar-refractivity contribution in [3.05, 3.63) is 59.7 Å². The molecule has 2 aromatic carbocycles. The Labute approximate surface area is 223 Å². The highest BCUT2D eigenvalue weighted by Gasteiger charge is 2.57. The average Bonchev–Trinajstić information content (AvgIpc) is 3.45. The molecule has 11 nitrogen and oxygen atoms in total. The second-order valence-corrected chi connectivity index (χ2v) is 10.2. The van der Waals surface area contributed by atoms with Gasteiger partial charge in [0.1, 0.15) is 12.1 Å². The molecule has 0 saturated carbocycles. The number of nitrogens with zero attached hydrogens (tertiary/aromatic N) is 1. The summed E-state index contributed by atoms with van der Waals surface area (Å²) in [7, 11) is 0. The Kier molecular flexibility index (Phi) is 6.85. The van der Waals surface area contributed by atoms with Crippen LogP contribution >= 0.6 is 0 Å². The number of benzene rings is 2. The van der Waals surface area contributed by atoms with Crippen LogP contribution in [0, 0.1) is 0 Å². The van der Waals surface area contributed by atoms with Gasteiger partial charge in [-0.2, -0.15) is 0 Å². The highest BCUT2D eigenvalue weighted by Crippen LogP contribution is 2.34. The summed E-state index contributed by atoms with van der Waals surface area (Å²) in [6, 6.07) is 10.6. The van der Waals surface area contributed by atoms with Crippen molar-refractivity contribution < 1.29 is 38.6 Å². The summed E-state index contributed by atoms with van der Waals surface area (Å²) in [6.45, 7) is 1.89. The van der Waals surface area contributed by atoms with Gasteiger partial charge in [-0.1, -0.05) is 42.0 Å². The van der Waals surface area contributed by atoms with Crippen molar-refractivity contribution in [1.82, 2.24) is 10.2 Å². The Bertz CT molecular complexity index is 1400. The molecule has 0 radical (unpaired) electrons. The molecule has 204 valence electrons. The van der Waals surface area contributed by atoms with Crippen molar-refractivity contribution >= 4 is 40.4 Å². The molecule has 5 atom stereocenters. The van der Waals surface area contributed by atoms with E-state index in [0.29, 0.717) is 18.4 Å². The Morgan fingerprint density at radius 2 is 1.85 bits per heavy atom.